The summed E-state index contributed by atoms with van der Waals surface area (Å²) in [5.74, 6) is 1.70. The van der Waals surface area contributed by atoms with Crippen LogP contribution in [-0.4, -0.2) is 18.5 Å². The Morgan fingerprint density at radius 2 is 1.60 bits per heavy atom. The summed E-state index contributed by atoms with van der Waals surface area (Å²) in [6, 6.07) is 0.368. The fraction of sp³-hybridized carbons (Fsp3) is 0.941. The lowest BCUT2D eigenvalue weighted by atomic mass is 9.77. The number of nitrogens with two attached hydrogens (primary N) is 1. The minimum absolute atomic E-state index is 0.244. The van der Waals surface area contributed by atoms with Crippen LogP contribution >= 0.6 is 0 Å². The molecular weight excluding hydrogens is 248 g/mol. The van der Waals surface area contributed by atoms with Crippen LogP contribution in [-0.2, 0) is 4.79 Å². The minimum atomic E-state index is -0.277. The standard InChI is InChI=1S/C17H32N2O/c1-13-9-14(2)11-15(10-13)19-16(20)17(12-18)7-5-3-4-6-8-17/h13-15H,3-12,18H2,1-2H3,(H,19,20). The first-order valence-electron chi connectivity index (χ1n) is 8.57. The topological polar surface area (TPSA) is 55.1 Å². The van der Waals surface area contributed by atoms with Gasteiger partial charge in [-0.25, -0.2) is 0 Å². The molecule has 2 saturated carbocycles. The van der Waals surface area contributed by atoms with E-state index in [4.69, 9.17) is 5.73 Å². The van der Waals surface area contributed by atoms with Crippen LogP contribution in [0.1, 0.15) is 71.6 Å². The lowest BCUT2D eigenvalue weighted by molar-refractivity contribution is -0.132. The van der Waals surface area contributed by atoms with Crippen LogP contribution in [0.5, 0.6) is 0 Å². The van der Waals surface area contributed by atoms with E-state index in [9.17, 15) is 4.79 Å². The van der Waals surface area contributed by atoms with Gasteiger partial charge in [0.1, 0.15) is 0 Å². The Morgan fingerprint density at radius 1 is 1.05 bits per heavy atom. The second-order valence-electron chi connectivity index (χ2n) is 7.49. The van der Waals surface area contributed by atoms with Gasteiger partial charge in [-0.1, -0.05) is 39.5 Å². The average molecular weight is 280 g/mol. The molecular formula is C17H32N2O. The van der Waals surface area contributed by atoms with Gasteiger partial charge in [0.2, 0.25) is 5.91 Å². The molecule has 0 bridgehead atoms. The van der Waals surface area contributed by atoms with E-state index in [2.05, 4.69) is 19.2 Å². The zero-order chi connectivity index (χ0) is 14.6. The van der Waals surface area contributed by atoms with Crippen LogP contribution < -0.4 is 11.1 Å². The molecule has 0 aromatic carbocycles. The summed E-state index contributed by atoms with van der Waals surface area (Å²) >= 11 is 0. The van der Waals surface area contributed by atoms with Crippen LogP contribution in [0.2, 0.25) is 0 Å². The summed E-state index contributed by atoms with van der Waals surface area (Å²) in [6.45, 7) is 5.12. The van der Waals surface area contributed by atoms with E-state index in [1.165, 1.54) is 19.3 Å². The molecule has 2 unspecified atom stereocenters. The second kappa shape index (κ2) is 6.93. The highest BCUT2D eigenvalue weighted by Gasteiger charge is 2.38. The Balaban J connectivity index is 1.97. The Hall–Kier alpha value is -0.570. The fourth-order valence-corrected chi connectivity index (χ4v) is 4.33. The predicted octanol–water partition coefficient (Wildman–Crippen LogP) is 3.23. The highest BCUT2D eigenvalue weighted by molar-refractivity contribution is 5.83. The zero-order valence-corrected chi connectivity index (χ0v) is 13.3. The molecule has 20 heavy (non-hydrogen) atoms. The Labute approximate surface area is 124 Å². The third kappa shape index (κ3) is 3.75. The van der Waals surface area contributed by atoms with E-state index in [0.29, 0.717) is 12.6 Å². The summed E-state index contributed by atoms with van der Waals surface area (Å²) in [4.78, 5) is 12.8. The van der Waals surface area contributed by atoms with Crippen molar-refractivity contribution in [3.8, 4) is 0 Å². The molecule has 3 heteroatoms. The van der Waals surface area contributed by atoms with E-state index in [-0.39, 0.29) is 11.3 Å². The molecule has 3 N–H and O–H groups in total. The van der Waals surface area contributed by atoms with Crippen LogP contribution in [0.25, 0.3) is 0 Å². The van der Waals surface area contributed by atoms with E-state index < -0.39 is 0 Å². The van der Waals surface area contributed by atoms with Gasteiger partial charge in [0.05, 0.1) is 5.41 Å². The molecule has 0 aliphatic heterocycles. The summed E-state index contributed by atoms with van der Waals surface area (Å²) in [5.41, 5.74) is 5.73. The molecule has 116 valence electrons. The number of rotatable bonds is 3. The van der Waals surface area contributed by atoms with E-state index in [1.54, 1.807) is 0 Å². The maximum absolute atomic E-state index is 12.8. The lowest BCUT2D eigenvalue weighted by Gasteiger charge is -2.36. The first-order chi connectivity index (χ1) is 9.55. The van der Waals surface area contributed by atoms with E-state index >= 15 is 0 Å². The number of nitrogens with one attached hydrogen (secondary N) is 1. The van der Waals surface area contributed by atoms with Crippen molar-refractivity contribution in [2.24, 2.45) is 23.0 Å². The summed E-state index contributed by atoms with van der Waals surface area (Å²) < 4.78 is 0. The maximum Gasteiger partial charge on any atom is 0.227 e. The number of carbonyl (C=O) groups excluding carboxylic acids is 1. The number of hydrogen-bond acceptors (Lipinski definition) is 2. The number of hydrogen-bond donors (Lipinski definition) is 2. The summed E-state index contributed by atoms with van der Waals surface area (Å²) in [6.07, 6.45) is 10.4. The van der Waals surface area contributed by atoms with E-state index in [0.717, 1.165) is 50.4 Å². The van der Waals surface area contributed by atoms with Gasteiger partial charge in [0.25, 0.3) is 0 Å². The maximum atomic E-state index is 12.8. The normalized spacial score (nSPS) is 34.2. The third-order valence-corrected chi connectivity index (χ3v) is 5.45. The molecule has 0 heterocycles. The van der Waals surface area contributed by atoms with Gasteiger partial charge in [-0.2, -0.15) is 0 Å². The predicted molar refractivity (Wildman–Crippen MR) is 83.3 cm³/mol. The number of carbonyl (C=O) groups is 1. The Bertz CT molecular complexity index is 311. The molecule has 2 aliphatic carbocycles. The quantitative estimate of drug-likeness (QED) is 0.780. The monoisotopic (exact) mass is 280 g/mol. The molecule has 2 rings (SSSR count). The van der Waals surface area contributed by atoms with Crippen molar-refractivity contribution in [1.29, 1.82) is 0 Å². The molecule has 0 aromatic heterocycles. The highest BCUT2D eigenvalue weighted by Crippen LogP contribution is 2.35. The summed E-state index contributed by atoms with van der Waals surface area (Å²) in [5, 5.41) is 3.35. The van der Waals surface area contributed by atoms with Crippen molar-refractivity contribution >= 4 is 5.91 Å². The van der Waals surface area contributed by atoms with Crippen molar-refractivity contribution in [2.75, 3.05) is 6.54 Å². The first kappa shape index (κ1) is 15.8. The molecule has 2 fully saturated rings. The van der Waals surface area contributed by atoms with Crippen molar-refractivity contribution in [3.05, 3.63) is 0 Å². The third-order valence-electron chi connectivity index (χ3n) is 5.45. The van der Waals surface area contributed by atoms with Gasteiger partial charge in [0.15, 0.2) is 0 Å². The summed E-state index contributed by atoms with van der Waals surface area (Å²) in [7, 11) is 0. The molecule has 2 aliphatic rings. The van der Waals surface area contributed by atoms with Gasteiger partial charge in [-0.15, -0.1) is 0 Å². The second-order valence-corrected chi connectivity index (χ2v) is 7.49. The zero-order valence-electron chi connectivity index (χ0n) is 13.3. The SMILES string of the molecule is CC1CC(C)CC(NC(=O)C2(CN)CCCCCC2)C1. The van der Waals surface area contributed by atoms with Crippen LogP contribution in [0.3, 0.4) is 0 Å². The molecule has 3 nitrogen and oxygen atoms in total. The van der Waals surface area contributed by atoms with Gasteiger partial charge in [-0.3, -0.25) is 4.79 Å². The molecule has 0 saturated heterocycles. The van der Waals surface area contributed by atoms with Gasteiger partial charge < -0.3 is 11.1 Å². The van der Waals surface area contributed by atoms with Crippen molar-refractivity contribution in [2.45, 2.75) is 77.7 Å². The van der Waals surface area contributed by atoms with Crippen molar-refractivity contribution in [1.82, 2.24) is 5.32 Å². The molecule has 2 atom stereocenters. The fourth-order valence-electron chi connectivity index (χ4n) is 4.33. The van der Waals surface area contributed by atoms with Gasteiger partial charge in [0, 0.05) is 12.6 Å². The molecule has 0 aromatic rings. The van der Waals surface area contributed by atoms with Crippen LogP contribution in [0.4, 0.5) is 0 Å². The lowest BCUT2D eigenvalue weighted by Crippen LogP contribution is -2.50. The number of amides is 1. The smallest absolute Gasteiger partial charge is 0.227 e. The molecule has 0 spiro atoms. The molecule has 0 radical (unpaired) electrons. The highest BCUT2D eigenvalue weighted by atomic mass is 16.2. The average Bonchev–Trinajstić information content (AvgIpc) is 2.63. The van der Waals surface area contributed by atoms with E-state index in [1.807, 2.05) is 0 Å². The molecule has 1 amide bonds. The van der Waals surface area contributed by atoms with Gasteiger partial charge >= 0.3 is 0 Å². The van der Waals surface area contributed by atoms with Crippen molar-refractivity contribution < 1.29 is 4.79 Å². The van der Waals surface area contributed by atoms with Gasteiger partial charge in [-0.05, 0) is 43.9 Å². The first-order valence-corrected chi connectivity index (χ1v) is 8.57. The Morgan fingerprint density at radius 3 is 2.10 bits per heavy atom. The van der Waals surface area contributed by atoms with Crippen LogP contribution in [0, 0.1) is 17.3 Å². The van der Waals surface area contributed by atoms with Crippen molar-refractivity contribution in [3.63, 3.8) is 0 Å². The minimum Gasteiger partial charge on any atom is -0.353 e. The largest absolute Gasteiger partial charge is 0.353 e. The Kier molecular flexibility index (Phi) is 5.48. The van der Waals surface area contributed by atoms with Crippen LogP contribution in [0.15, 0.2) is 0 Å².